The molecule has 0 aromatic carbocycles. The van der Waals surface area contributed by atoms with Crippen LogP contribution in [0.4, 0.5) is 0 Å². The number of hydrogen-bond donors (Lipinski definition) is 1. The molecule has 1 saturated carbocycles. The molecule has 0 aromatic heterocycles. The average molecular weight is 415 g/mol. The van der Waals surface area contributed by atoms with Crippen LogP contribution in [0.2, 0.25) is 0 Å². The number of unbranched alkanes of at least 4 members (excludes halogenated alkanes) is 7. The third-order valence-electron chi connectivity index (χ3n) is 5.90. The van der Waals surface area contributed by atoms with Crippen molar-refractivity contribution in [1.29, 1.82) is 0 Å². The van der Waals surface area contributed by atoms with Crippen molar-refractivity contribution in [3.05, 3.63) is 0 Å². The molecule has 1 fully saturated rings. The van der Waals surface area contributed by atoms with Gasteiger partial charge in [-0.1, -0.05) is 51.9 Å². The summed E-state index contributed by atoms with van der Waals surface area (Å²) in [4.78, 5) is 22.6. The van der Waals surface area contributed by atoms with Gasteiger partial charge in [0.1, 0.15) is 0 Å². The first-order valence-electron chi connectivity index (χ1n) is 11.6. The number of carbonyl (C=O) groups is 2. The maximum atomic E-state index is 11.4. The van der Waals surface area contributed by atoms with Gasteiger partial charge in [-0.2, -0.15) is 11.8 Å². The molecule has 3 atom stereocenters. The quantitative estimate of drug-likeness (QED) is 0.218. The second-order valence-electron chi connectivity index (χ2n) is 8.18. The Morgan fingerprint density at radius 2 is 1.68 bits per heavy atom. The van der Waals surface area contributed by atoms with Crippen molar-refractivity contribution < 1.29 is 19.4 Å². The number of aliphatic carboxylic acids is 1. The van der Waals surface area contributed by atoms with E-state index in [0.29, 0.717) is 36.5 Å². The molecule has 4 nitrogen and oxygen atoms in total. The Morgan fingerprint density at radius 1 is 0.964 bits per heavy atom. The molecule has 0 spiro atoms. The van der Waals surface area contributed by atoms with Gasteiger partial charge in [-0.05, 0) is 56.6 Å². The third-order valence-corrected chi connectivity index (χ3v) is 7.43. The second-order valence-corrected chi connectivity index (χ2v) is 9.53. The van der Waals surface area contributed by atoms with Crippen LogP contribution in [0.5, 0.6) is 0 Å². The van der Waals surface area contributed by atoms with E-state index in [9.17, 15) is 14.7 Å². The van der Waals surface area contributed by atoms with Gasteiger partial charge < -0.3 is 9.84 Å². The lowest BCUT2D eigenvalue weighted by Crippen LogP contribution is -2.20. The van der Waals surface area contributed by atoms with Crippen molar-refractivity contribution >= 4 is 23.7 Å². The van der Waals surface area contributed by atoms with Crippen LogP contribution in [-0.2, 0) is 14.3 Å². The van der Waals surface area contributed by atoms with Gasteiger partial charge in [0.2, 0.25) is 0 Å². The van der Waals surface area contributed by atoms with E-state index >= 15 is 0 Å². The molecular formula is C23H42O4S. The molecule has 0 bridgehead atoms. The number of carboxylic acid groups (broad SMARTS) is 1. The highest BCUT2D eigenvalue weighted by Gasteiger charge is 2.36. The summed E-state index contributed by atoms with van der Waals surface area (Å²) < 4.78 is 4.97. The second kappa shape index (κ2) is 16.1. The van der Waals surface area contributed by atoms with E-state index in [-0.39, 0.29) is 5.97 Å². The van der Waals surface area contributed by atoms with E-state index < -0.39 is 5.97 Å². The Balaban J connectivity index is 2.29. The smallest absolute Gasteiger partial charge is 0.305 e. The lowest BCUT2D eigenvalue weighted by Gasteiger charge is -2.24. The molecule has 1 rings (SSSR count). The minimum Gasteiger partial charge on any atom is -0.481 e. The van der Waals surface area contributed by atoms with E-state index in [1.54, 1.807) is 0 Å². The van der Waals surface area contributed by atoms with Gasteiger partial charge in [0.25, 0.3) is 0 Å². The molecule has 0 radical (unpaired) electrons. The van der Waals surface area contributed by atoms with Crippen LogP contribution in [0.15, 0.2) is 0 Å². The van der Waals surface area contributed by atoms with Crippen LogP contribution in [-0.4, -0.2) is 34.7 Å². The monoisotopic (exact) mass is 414 g/mol. The molecule has 28 heavy (non-hydrogen) atoms. The summed E-state index contributed by atoms with van der Waals surface area (Å²) in [5.41, 5.74) is 0. The molecule has 1 aliphatic rings. The number of ether oxygens (including phenoxy) is 1. The van der Waals surface area contributed by atoms with Crippen LogP contribution < -0.4 is 0 Å². The number of hydrogen-bond acceptors (Lipinski definition) is 4. The fraction of sp³-hybridized carbons (Fsp3) is 0.913. The first-order valence-corrected chi connectivity index (χ1v) is 12.6. The van der Waals surface area contributed by atoms with Gasteiger partial charge in [0.05, 0.1) is 6.61 Å². The number of carbonyl (C=O) groups excluding carboxylic acids is 1. The molecule has 0 aliphatic heterocycles. The van der Waals surface area contributed by atoms with Crippen molar-refractivity contribution in [2.75, 3.05) is 12.4 Å². The highest BCUT2D eigenvalue weighted by Crippen LogP contribution is 2.44. The average Bonchev–Trinajstić information content (AvgIpc) is 3.02. The zero-order chi connectivity index (χ0) is 20.6. The summed E-state index contributed by atoms with van der Waals surface area (Å²) in [7, 11) is 0. The predicted molar refractivity (Wildman–Crippen MR) is 118 cm³/mol. The van der Waals surface area contributed by atoms with Gasteiger partial charge in [0, 0.05) is 18.1 Å². The van der Waals surface area contributed by atoms with Gasteiger partial charge in [-0.25, -0.2) is 0 Å². The minimum absolute atomic E-state index is 0.0878. The summed E-state index contributed by atoms with van der Waals surface area (Å²) in [5, 5.41) is 9.91. The molecule has 1 N–H and O–H groups in total. The number of carboxylic acids is 1. The van der Waals surface area contributed by atoms with Crippen LogP contribution in [0.1, 0.15) is 104 Å². The molecule has 1 aliphatic carbocycles. The molecule has 3 unspecified atom stereocenters. The number of thioether (sulfide) groups is 1. The Hall–Kier alpha value is -0.710. The van der Waals surface area contributed by atoms with E-state index in [0.717, 1.165) is 38.5 Å². The maximum Gasteiger partial charge on any atom is 0.305 e. The van der Waals surface area contributed by atoms with Crippen molar-refractivity contribution in [2.45, 2.75) is 109 Å². The van der Waals surface area contributed by atoms with Crippen LogP contribution >= 0.6 is 11.8 Å². The summed E-state index contributed by atoms with van der Waals surface area (Å²) >= 11 is 2.10. The van der Waals surface area contributed by atoms with Crippen molar-refractivity contribution in [3.8, 4) is 0 Å². The summed E-state index contributed by atoms with van der Waals surface area (Å²) in [6, 6.07) is 0. The van der Waals surface area contributed by atoms with E-state index in [4.69, 9.17) is 4.74 Å². The molecule has 0 amide bonds. The third kappa shape index (κ3) is 11.3. The zero-order valence-corrected chi connectivity index (χ0v) is 18.9. The Bertz CT molecular complexity index is 427. The fourth-order valence-electron chi connectivity index (χ4n) is 4.39. The van der Waals surface area contributed by atoms with E-state index in [1.807, 2.05) is 6.92 Å². The lowest BCUT2D eigenvalue weighted by atomic mass is 9.88. The highest BCUT2D eigenvalue weighted by molar-refractivity contribution is 7.99. The van der Waals surface area contributed by atoms with Gasteiger partial charge in [-0.3, -0.25) is 9.59 Å². The molecule has 164 valence electrons. The van der Waals surface area contributed by atoms with Crippen LogP contribution in [0.3, 0.4) is 0 Å². The fourth-order valence-corrected chi connectivity index (χ4v) is 5.97. The zero-order valence-electron chi connectivity index (χ0n) is 18.1. The first kappa shape index (κ1) is 25.3. The Labute approximate surface area is 176 Å². The summed E-state index contributed by atoms with van der Waals surface area (Å²) in [6.07, 6.45) is 15.1. The summed E-state index contributed by atoms with van der Waals surface area (Å²) in [6.45, 7) is 4.55. The standard InChI is InChI=1S/C23H42O4S/c1-3-5-6-9-12-17-28-21-16-15-19(18-22(24)25)20(21)13-10-7-8-11-14-23(26)27-4-2/h19-21H,3-18H2,1-2H3,(H,24,25). The van der Waals surface area contributed by atoms with E-state index in [2.05, 4.69) is 18.7 Å². The summed E-state index contributed by atoms with van der Waals surface area (Å²) in [5.74, 6) is 1.41. The van der Waals surface area contributed by atoms with Crippen LogP contribution in [0, 0.1) is 11.8 Å². The SMILES string of the molecule is CCCCCCCSC1CCC(CC(=O)O)C1CCCCCCC(=O)OCC. The Kier molecular flexibility index (Phi) is 14.6. The highest BCUT2D eigenvalue weighted by atomic mass is 32.2. The molecule has 0 saturated heterocycles. The largest absolute Gasteiger partial charge is 0.481 e. The number of esters is 1. The molecular weight excluding hydrogens is 372 g/mol. The van der Waals surface area contributed by atoms with Crippen LogP contribution in [0.25, 0.3) is 0 Å². The normalized spacial score (nSPS) is 21.7. The topological polar surface area (TPSA) is 63.6 Å². The number of rotatable bonds is 17. The van der Waals surface area contributed by atoms with E-state index in [1.165, 1.54) is 44.3 Å². The molecule has 0 heterocycles. The predicted octanol–water partition coefficient (Wildman–Crippen LogP) is 6.46. The van der Waals surface area contributed by atoms with Gasteiger partial charge in [-0.15, -0.1) is 0 Å². The van der Waals surface area contributed by atoms with Crippen molar-refractivity contribution in [2.24, 2.45) is 11.8 Å². The molecule has 0 aromatic rings. The lowest BCUT2D eigenvalue weighted by molar-refractivity contribution is -0.143. The Morgan fingerprint density at radius 3 is 2.39 bits per heavy atom. The van der Waals surface area contributed by atoms with Crippen molar-refractivity contribution in [3.63, 3.8) is 0 Å². The molecule has 5 heteroatoms. The minimum atomic E-state index is -0.644. The first-order chi connectivity index (χ1) is 13.6. The maximum absolute atomic E-state index is 11.4. The van der Waals surface area contributed by atoms with Gasteiger partial charge >= 0.3 is 11.9 Å². The van der Waals surface area contributed by atoms with Crippen molar-refractivity contribution in [1.82, 2.24) is 0 Å². The van der Waals surface area contributed by atoms with Gasteiger partial charge in [0.15, 0.2) is 0 Å².